The molecule has 1 rings (SSSR count). The van der Waals surface area contributed by atoms with Gasteiger partial charge in [0.05, 0.1) is 0 Å². The number of nitrogens with zero attached hydrogens (tertiary/aromatic N) is 1. The first kappa shape index (κ1) is 12.3. The van der Waals surface area contributed by atoms with Gasteiger partial charge in [-0.2, -0.15) is 0 Å². The molecule has 0 spiro atoms. The summed E-state index contributed by atoms with van der Waals surface area (Å²) < 4.78 is 0. The molecule has 2 atom stereocenters. The minimum Gasteiger partial charge on any atom is -0.465 e. The maximum absolute atomic E-state index is 10.5. The van der Waals surface area contributed by atoms with Crippen LogP contribution in [-0.2, 0) is 0 Å². The maximum Gasteiger partial charge on any atom is 0.404 e. The molecule has 88 valence electrons. The van der Waals surface area contributed by atoms with Crippen molar-refractivity contribution in [3.8, 4) is 0 Å². The summed E-state index contributed by atoms with van der Waals surface area (Å²) in [4.78, 5) is 12.9. The zero-order valence-corrected chi connectivity index (χ0v) is 9.70. The smallest absolute Gasteiger partial charge is 0.404 e. The predicted molar refractivity (Wildman–Crippen MR) is 60.1 cm³/mol. The molecule has 0 radical (unpaired) electrons. The summed E-state index contributed by atoms with van der Waals surface area (Å²) in [6.07, 6.45) is 3.56. The Hall–Kier alpha value is -0.770. The van der Waals surface area contributed by atoms with E-state index < -0.39 is 6.09 Å². The number of likely N-dealkylation sites (tertiary alicyclic amines) is 1. The van der Waals surface area contributed by atoms with Crippen LogP contribution in [0, 0.1) is 0 Å². The molecule has 15 heavy (non-hydrogen) atoms. The summed E-state index contributed by atoms with van der Waals surface area (Å²) in [6, 6.07) is 0.721. The van der Waals surface area contributed by atoms with Crippen molar-refractivity contribution in [2.24, 2.45) is 0 Å². The largest absolute Gasteiger partial charge is 0.465 e. The molecule has 0 aromatic heterocycles. The Kier molecular flexibility index (Phi) is 4.88. The van der Waals surface area contributed by atoms with Crippen molar-refractivity contribution in [1.29, 1.82) is 0 Å². The highest BCUT2D eigenvalue weighted by atomic mass is 16.4. The molecule has 1 saturated heterocycles. The second kappa shape index (κ2) is 5.95. The molecule has 4 heteroatoms. The second-order valence-corrected chi connectivity index (χ2v) is 4.42. The Balaban J connectivity index is 2.37. The van der Waals surface area contributed by atoms with Crippen molar-refractivity contribution < 1.29 is 9.90 Å². The van der Waals surface area contributed by atoms with Crippen molar-refractivity contribution in [2.75, 3.05) is 13.1 Å². The fourth-order valence-corrected chi connectivity index (χ4v) is 2.14. The number of unbranched alkanes of at least 4 members (excludes halogenated alkanes) is 1. The standard InChI is InChI=1S/C11H22N2O2/c1-3-4-7-13-8-10(12-11(14)15)6-5-9(13)2/h9-10,12H,3-8H2,1-2H3,(H,14,15). The van der Waals surface area contributed by atoms with Crippen molar-refractivity contribution in [2.45, 2.75) is 51.6 Å². The van der Waals surface area contributed by atoms with Gasteiger partial charge < -0.3 is 10.4 Å². The molecule has 2 unspecified atom stereocenters. The summed E-state index contributed by atoms with van der Waals surface area (Å²) in [5, 5.41) is 11.2. The fraction of sp³-hybridized carbons (Fsp3) is 0.909. The minimum atomic E-state index is -0.898. The summed E-state index contributed by atoms with van der Waals surface area (Å²) in [5.74, 6) is 0. The monoisotopic (exact) mass is 214 g/mol. The van der Waals surface area contributed by atoms with E-state index in [0.717, 1.165) is 25.9 Å². The summed E-state index contributed by atoms with van der Waals surface area (Å²) >= 11 is 0. The van der Waals surface area contributed by atoms with E-state index in [1.54, 1.807) is 0 Å². The molecular formula is C11H22N2O2. The Morgan fingerprint density at radius 2 is 2.27 bits per heavy atom. The zero-order valence-electron chi connectivity index (χ0n) is 9.70. The Morgan fingerprint density at radius 1 is 1.53 bits per heavy atom. The number of piperidine rings is 1. The highest BCUT2D eigenvalue weighted by Gasteiger charge is 2.25. The number of hydrogen-bond acceptors (Lipinski definition) is 2. The van der Waals surface area contributed by atoms with Crippen LogP contribution in [0.1, 0.15) is 39.5 Å². The van der Waals surface area contributed by atoms with Gasteiger partial charge in [-0.05, 0) is 32.7 Å². The first-order valence-electron chi connectivity index (χ1n) is 5.87. The van der Waals surface area contributed by atoms with Crippen molar-refractivity contribution in [1.82, 2.24) is 10.2 Å². The third kappa shape index (κ3) is 4.08. The van der Waals surface area contributed by atoms with Gasteiger partial charge >= 0.3 is 6.09 Å². The molecule has 1 aliphatic heterocycles. The Labute approximate surface area is 91.6 Å². The lowest BCUT2D eigenvalue weighted by atomic mass is 9.99. The molecule has 1 fully saturated rings. The van der Waals surface area contributed by atoms with Crippen LogP contribution < -0.4 is 5.32 Å². The van der Waals surface area contributed by atoms with E-state index in [1.165, 1.54) is 12.8 Å². The lowest BCUT2D eigenvalue weighted by Crippen LogP contribution is -2.50. The molecule has 2 N–H and O–H groups in total. The van der Waals surface area contributed by atoms with E-state index in [0.29, 0.717) is 6.04 Å². The number of hydrogen-bond donors (Lipinski definition) is 2. The van der Waals surface area contributed by atoms with Crippen molar-refractivity contribution >= 4 is 6.09 Å². The van der Waals surface area contributed by atoms with Gasteiger partial charge in [0.25, 0.3) is 0 Å². The van der Waals surface area contributed by atoms with Crippen LogP contribution in [-0.4, -0.2) is 41.3 Å². The minimum absolute atomic E-state index is 0.121. The third-order valence-corrected chi connectivity index (χ3v) is 3.14. The molecule has 0 aromatic rings. The summed E-state index contributed by atoms with van der Waals surface area (Å²) in [7, 11) is 0. The van der Waals surface area contributed by atoms with Crippen LogP contribution in [0.3, 0.4) is 0 Å². The predicted octanol–water partition coefficient (Wildman–Crippen LogP) is 1.91. The fourth-order valence-electron chi connectivity index (χ4n) is 2.14. The number of amides is 1. The van der Waals surface area contributed by atoms with Gasteiger partial charge in [-0.1, -0.05) is 13.3 Å². The van der Waals surface area contributed by atoms with E-state index in [4.69, 9.17) is 5.11 Å². The van der Waals surface area contributed by atoms with Crippen molar-refractivity contribution in [3.05, 3.63) is 0 Å². The average molecular weight is 214 g/mol. The highest BCUT2D eigenvalue weighted by molar-refractivity contribution is 5.64. The van der Waals surface area contributed by atoms with Crippen LogP contribution in [0.2, 0.25) is 0 Å². The van der Waals surface area contributed by atoms with Crippen molar-refractivity contribution in [3.63, 3.8) is 0 Å². The van der Waals surface area contributed by atoms with Gasteiger partial charge in [0.1, 0.15) is 0 Å². The normalized spacial score (nSPS) is 27.6. The maximum atomic E-state index is 10.5. The van der Waals surface area contributed by atoms with E-state index in [-0.39, 0.29) is 6.04 Å². The van der Waals surface area contributed by atoms with Gasteiger partial charge in [-0.3, -0.25) is 4.90 Å². The first-order valence-corrected chi connectivity index (χ1v) is 5.87. The number of nitrogens with one attached hydrogen (secondary N) is 1. The van der Waals surface area contributed by atoms with E-state index in [2.05, 4.69) is 24.1 Å². The number of carbonyl (C=O) groups is 1. The highest BCUT2D eigenvalue weighted by Crippen LogP contribution is 2.17. The van der Waals surface area contributed by atoms with E-state index in [9.17, 15) is 4.79 Å². The molecule has 1 amide bonds. The van der Waals surface area contributed by atoms with Crippen LogP contribution in [0.4, 0.5) is 4.79 Å². The SMILES string of the molecule is CCCCN1CC(NC(=O)O)CCC1C. The van der Waals surface area contributed by atoms with Gasteiger partial charge in [-0.25, -0.2) is 4.79 Å². The summed E-state index contributed by atoms with van der Waals surface area (Å²) in [6.45, 7) is 6.37. The van der Waals surface area contributed by atoms with Crippen LogP contribution in [0.5, 0.6) is 0 Å². The molecule has 0 bridgehead atoms. The van der Waals surface area contributed by atoms with Gasteiger partial charge in [0, 0.05) is 18.6 Å². The molecule has 4 nitrogen and oxygen atoms in total. The number of carboxylic acid groups (broad SMARTS) is 1. The van der Waals surface area contributed by atoms with Crippen LogP contribution in [0.15, 0.2) is 0 Å². The van der Waals surface area contributed by atoms with Gasteiger partial charge in [-0.15, -0.1) is 0 Å². The first-order chi connectivity index (χ1) is 7.13. The molecule has 1 aliphatic rings. The zero-order chi connectivity index (χ0) is 11.3. The molecular weight excluding hydrogens is 192 g/mol. The summed E-state index contributed by atoms with van der Waals surface area (Å²) in [5.41, 5.74) is 0. The van der Waals surface area contributed by atoms with Gasteiger partial charge in [0.2, 0.25) is 0 Å². The number of rotatable bonds is 4. The molecule has 0 saturated carbocycles. The third-order valence-electron chi connectivity index (χ3n) is 3.14. The molecule has 1 heterocycles. The van der Waals surface area contributed by atoms with E-state index in [1.807, 2.05) is 0 Å². The Morgan fingerprint density at radius 3 is 2.87 bits per heavy atom. The molecule has 0 aromatic carbocycles. The quantitative estimate of drug-likeness (QED) is 0.751. The lowest BCUT2D eigenvalue weighted by molar-refractivity contribution is 0.124. The van der Waals surface area contributed by atoms with E-state index >= 15 is 0 Å². The topological polar surface area (TPSA) is 52.6 Å². The average Bonchev–Trinajstić information content (AvgIpc) is 2.18. The lowest BCUT2D eigenvalue weighted by Gasteiger charge is -2.37. The van der Waals surface area contributed by atoms with Crippen LogP contribution >= 0.6 is 0 Å². The Bertz CT molecular complexity index is 209. The second-order valence-electron chi connectivity index (χ2n) is 4.42. The van der Waals surface area contributed by atoms with Gasteiger partial charge in [0.15, 0.2) is 0 Å². The molecule has 0 aliphatic carbocycles. The van der Waals surface area contributed by atoms with Crippen LogP contribution in [0.25, 0.3) is 0 Å².